The lowest BCUT2D eigenvalue weighted by Crippen LogP contribution is -2.33. The minimum absolute atomic E-state index is 0.0242. The molecule has 152 valence electrons. The molecule has 1 aliphatic rings. The highest BCUT2D eigenvalue weighted by molar-refractivity contribution is 7.93. The Morgan fingerprint density at radius 3 is 2.64 bits per heavy atom. The highest BCUT2D eigenvalue weighted by Crippen LogP contribution is 2.35. The second-order valence-corrected chi connectivity index (χ2v) is 8.98. The molecule has 1 aromatic carbocycles. The summed E-state index contributed by atoms with van der Waals surface area (Å²) in [5.74, 6) is -0.0820. The minimum Gasteiger partial charge on any atom is -0.491 e. The van der Waals surface area contributed by atoms with Crippen molar-refractivity contribution in [3.63, 3.8) is 0 Å². The Bertz CT molecular complexity index is 991. The van der Waals surface area contributed by atoms with Crippen LogP contribution in [0, 0.1) is 4.77 Å². The maximum atomic E-state index is 12.2. The summed E-state index contributed by atoms with van der Waals surface area (Å²) in [6, 6.07) is 6.81. The van der Waals surface area contributed by atoms with E-state index in [1.54, 1.807) is 24.3 Å². The summed E-state index contributed by atoms with van der Waals surface area (Å²) in [4.78, 5) is 12.1. The molecule has 0 bridgehead atoms. The van der Waals surface area contributed by atoms with Crippen molar-refractivity contribution in [3.8, 4) is 5.75 Å². The highest BCUT2D eigenvalue weighted by atomic mass is 32.2. The molecule has 1 saturated carbocycles. The summed E-state index contributed by atoms with van der Waals surface area (Å²) in [5, 5.41) is 9.38. The van der Waals surface area contributed by atoms with Crippen molar-refractivity contribution >= 4 is 33.8 Å². The molecule has 0 aliphatic heterocycles. The highest BCUT2D eigenvalue weighted by Gasteiger charge is 2.27. The fraction of sp³-hybridized carbons (Fsp3) is 0.471. The maximum Gasteiger partial charge on any atom is 0.241 e. The van der Waals surface area contributed by atoms with Crippen LogP contribution in [0.25, 0.3) is 0 Å². The average Bonchev–Trinajstić information content (AvgIpc) is 3.36. The Balaban J connectivity index is 1.53. The third-order valence-corrected chi connectivity index (χ3v) is 5.43. The van der Waals surface area contributed by atoms with Crippen molar-refractivity contribution in [2.24, 2.45) is 0 Å². The molecule has 0 saturated heterocycles. The number of rotatable bonds is 9. The van der Waals surface area contributed by atoms with E-state index in [-0.39, 0.29) is 12.6 Å². The molecule has 1 aliphatic carbocycles. The Labute approximate surface area is 168 Å². The number of carbonyl (C=O) groups excluding carboxylic acids is 1. The zero-order valence-corrected chi connectivity index (χ0v) is 17.3. The van der Waals surface area contributed by atoms with Gasteiger partial charge in [0.2, 0.25) is 15.9 Å². The van der Waals surface area contributed by atoms with Crippen molar-refractivity contribution in [2.45, 2.75) is 45.4 Å². The van der Waals surface area contributed by atoms with Crippen LogP contribution in [0.3, 0.4) is 0 Å². The number of ether oxygens (including phenoxy) is 1. The molecular formula is C17H23N5O4S2. The molecule has 2 aromatic rings. The number of benzene rings is 1. The number of nitrogens with one attached hydrogen (secondary N) is 3. The van der Waals surface area contributed by atoms with Gasteiger partial charge in [-0.1, -0.05) is 0 Å². The van der Waals surface area contributed by atoms with Gasteiger partial charge in [0.05, 0.1) is 12.6 Å². The van der Waals surface area contributed by atoms with Gasteiger partial charge >= 0.3 is 0 Å². The molecule has 0 atom stereocenters. The number of aromatic nitrogens is 3. The number of carbonyl (C=O) groups is 1. The Hall–Kier alpha value is -2.40. The first-order valence-corrected chi connectivity index (χ1v) is 11.0. The number of nitrogens with zero attached hydrogens (tertiary/aromatic N) is 2. The lowest BCUT2D eigenvalue weighted by molar-refractivity contribution is -0.118. The third kappa shape index (κ3) is 5.55. The molecule has 1 fully saturated rings. The molecule has 3 N–H and O–H groups in total. The van der Waals surface area contributed by atoms with Crippen LogP contribution in [0.15, 0.2) is 24.3 Å². The molecular weight excluding hydrogens is 402 g/mol. The quantitative estimate of drug-likeness (QED) is 0.530. The van der Waals surface area contributed by atoms with Crippen LogP contribution in [0.2, 0.25) is 0 Å². The summed E-state index contributed by atoms with van der Waals surface area (Å²) >= 11 is 5.18. The lowest BCUT2D eigenvalue weighted by atomic mass is 10.3. The van der Waals surface area contributed by atoms with E-state index >= 15 is 0 Å². The van der Waals surface area contributed by atoms with Gasteiger partial charge in [0, 0.05) is 11.7 Å². The SMILES string of the molecule is CC(C)Oc1ccc(NS(=O)(=O)CC(=O)NCc2n[nH]c(=S)n2C2CC2)cc1. The molecule has 1 aromatic heterocycles. The number of hydrogen-bond donors (Lipinski definition) is 3. The largest absolute Gasteiger partial charge is 0.491 e. The van der Waals surface area contributed by atoms with Crippen LogP contribution in [0.4, 0.5) is 5.69 Å². The molecule has 1 heterocycles. The number of sulfonamides is 1. The van der Waals surface area contributed by atoms with Gasteiger partial charge < -0.3 is 10.1 Å². The zero-order chi connectivity index (χ0) is 20.3. The van der Waals surface area contributed by atoms with E-state index in [9.17, 15) is 13.2 Å². The third-order valence-electron chi connectivity index (χ3n) is 3.95. The Morgan fingerprint density at radius 1 is 1.36 bits per heavy atom. The van der Waals surface area contributed by atoms with Crippen molar-refractivity contribution in [2.75, 3.05) is 10.5 Å². The molecule has 1 amide bonds. The van der Waals surface area contributed by atoms with Crippen LogP contribution >= 0.6 is 12.2 Å². The smallest absolute Gasteiger partial charge is 0.241 e. The van der Waals surface area contributed by atoms with Gasteiger partial charge in [0.15, 0.2) is 10.6 Å². The van der Waals surface area contributed by atoms with Crippen LogP contribution in [-0.4, -0.2) is 40.9 Å². The summed E-state index contributed by atoms with van der Waals surface area (Å²) < 4.78 is 34.7. The van der Waals surface area contributed by atoms with E-state index < -0.39 is 21.7 Å². The number of anilines is 1. The molecule has 0 radical (unpaired) electrons. The van der Waals surface area contributed by atoms with Gasteiger partial charge in [-0.05, 0) is 63.2 Å². The monoisotopic (exact) mass is 425 g/mol. The fourth-order valence-corrected chi connectivity index (χ4v) is 3.98. The summed E-state index contributed by atoms with van der Waals surface area (Å²) in [5.41, 5.74) is 0.360. The molecule has 28 heavy (non-hydrogen) atoms. The standard InChI is InChI=1S/C17H23N5O4S2/c1-11(2)26-14-7-3-12(4-8-14)21-28(24,25)10-16(23)18-9-15-19-20-17(27)22(15)13-5-6-13/h3-4,7-8,11,13,21H,5-6,9-10H2,1-2H3,(H,18,23)(H,20,27). The van der Waals surface area contributed by atoms with E-state index in [1.165, 1.54) is 0 Å². The number of H-pyrrole nitrogens is 1. The molecule has 3 rings (SSSR count). The molecule has 0 unspecified atom stereocenters. The first-order valence-electron chi connectivity index (χ1n) is 8.93. The summed E-state index contributed by atoms with van der Waals surface area (Å²) in [7, 11) is -3.84. The number of aromatic amines is 1. The predicted molar refractivity (Wildman–Crippen MR) is 107 cm³/mol. The van der Waals surface area contributed by atoms with Gasteiger partial charge in [0.1, 0.15) is 11.5 Å². The Kier molecular flexibility index (Phi) is 6.04. The lowest BCUT2D eigenvalue weighted by Gasteiger charge is -2.11. The Morgan fingerprint density at radius 2 is 2.04 bits per heavy atom. The fourth-order valence-electron chi connectivity index (χ4n) is 2.66. The van der Waals surface area contributed by atoms with Crippen LogP contribution < -0.4 is 14.8 Å². The second-order valence-electron chi connectivity index (χ2n) is 6.88. The van der Waals surface area contributed by atoms with E-state index in [1.807, 2.05) is 18.4 Å². The van der Waals surface area contributed by atoms with Crippen molar-refractivity contribution in [3.05, 3.63) is 34.9 Å². The predicted octanol–water partition coefficient (Wildman–Crippen LogP) is 2.12. The van der Waals surface area contributed by atoms with Crippen LogP contribution in [0.1, 0.15) is 38.6 Å². The number of hydrogen-bond acceptors (Lipinski definition) is 6. The van der Waals surface area contributed by atoms with Gasteiger partial charge in [-0.3, -0.25) is 19.2 Å². The van der Waals surface area contributed by atoms with Gasteiger partial charge in [-0.15, -0.1) is 0 Å². The minimum atomic E-state index is -3.84. The van der Waals surface area contributed by atoms with Gasteiger partial charge in [-0.2, -0.15) is 5.10 Å². The second kappa shape index (κ2) is 8.31. The molecule has 11 heteroatoms. The summed E-state index contributed by atoms with van der Waals surface area (Å²) in [6.07, 6.45) is 2.07. The van der Waals surface area contributed by atoms with E-state index in [4.69, 9.17) is 17.0 Å². The van der Waals surface area contributed by atoms with Crippen molar-refractivity contribution < 1.29 is 17.9 Å². The van der Waals surface area contributed by atoms with E-state index in [2.05, 4.69) is 20.2 Å². The normalized spacial score (nSPS) is 14.1. The maximum absolute atomic E-state index is 12.2. The van der Waals surface area contributed by atoms with E-state index in [0.29, 0.717) is 28.1 Å². The van der Waals surface area contributed by atoms with Gasteiger partial charge in [0.25, 0.3) is 0 Å². The van der Waals surface area contributed by atoms with Crippen LogP contribution in [0.5, 0.6) is 5.75 Å². The first-order chi connectivity index (χ1) is 13.2. The zero-order valence-electron chi connectivity index (χ0n) is 15.6. The first kappa shape index (κ1) is 20.3. The summed E-state index contributed by atoms with van der Waals surface area (Å²) in [6.45, 7) is 3.92. The molecule has 9 nitrogen and oxygen atoms in total. The van der Waals surface area contributed by atoms with Crippen molar-refractivity contribution in [1.29, 1.82) is 0 Å². The molecule has 0 spiro atoms. The topological polar surface area (TPSA) is 118 Å². The average molecular weight is 426 g/mol. The van der Waals surface area contributed by atoms with E-state index in [0.717, 1.165) is 12.8 Å². The van der Waals surface area contributed by atoms with Crippen LogP contribution in [-0.2, 0) is 21.4 Å². The van der Waals surface area contributed by atoms with Gasteiger partial charge in [-0.25, -0.2) is 8.42 Å². The number of amides is 1. The van der Waals surface area contributed by atoms with Crippen molar-refractivity contribution in [1.82, 2.24) is 20.1 Å².